The largest absolute Gasteiger partial charge is 0.497 e. The maximum atomic E-state index is 11.0. The third-order valence-corrected chi connectivity index (χ3v) is 3.08. The van der Waals surface area contributed by atoms with E-state index in [1.54, 1.807) is 14.0 Å². The molecule has 2 aromatic rings. The van der Waals surface area contributed by atoms with Crippen LogP contribution in [0, 0.1) is 0 Å². The molecule has 1 aromatic heterocycles. The quantitative estimate of drug-likeness (QED) is 0.850. The number of benzene rings is 1. The molecule has 1 aromatic carbocycles. The van der Waals surface area contributed by atoms with E-state index in [2.05, 4.69) is 15.5 Å². The molecule has 0 fully saturated rings. The highest BCUT2D eigenvalue weighted by atomic mass is 16.5. The van der Waals surface area contributed by atoms with Crippen molar-refractivity contribution >= 4 is 5.97 Å². The monoisotopic (exact) mass is 276 g/mol. The molecule has 1 atom stereocenters. The van der Waals surface area contributed by atoms with Crippen LogP contribution in [0.25, 0.3) is 0 Å². The molecular weight excluding hydrogens is 260 g/mol. The van der Waals surface area contributed by atoms with Crippen molar-refractivity contribution in [3.05, 3.63) is 35.7 Å². The smallest absolute Gasteiger partial charge is 0.328 e. The van der Waals surface area contributed by atoms with Crippen LogP contribution >= 0.6 is 0 Å². The lowest BCUT2D eigenvalue weighted by Gasteiger charge is -2.08. The lowest BCUT2D eigenvalue weighted by Crippen LogP contribution is -2.19. The molecular formula is C13H16N4O3. The van der Waals surface area contributed by atoms with Gasteiger partial charge in [-0.15, -0.1) is 5.10 Å². The van der Waals surface area contributed by atoms with E-state index < -0.39 is 12.0 Å². The molecule has 1 heterocycles. The Kier molecular flexibility index (Phi) is 4.29. The number of aromatic nitrogens is 4. The van der Waals surface area contributed by atoms with Gasteiger partial charge < -0.3 is 9.84 Å². The predicted octanol–water partition coefficient (Wildman–Crippen LogP) is 1.11. The number of hydrogen-bond donors (Lipinski definition) is 1. The van der Waals surface area contributed by atoms with Crippen molar-refractivity contribution in [1.29, 1.82) is 0 Å². The lowest BCUT2D eigenvalue weighted by atomic mass is 10.1. The third kappa shape index (κ3) is 3.11. The Hall–Kier alpha value is -2.44. The Morgan fingerprint density at radius 1 is 1.35 bits per heavy atom. The van der Waals surface area contributed by atoms with Crippen molar-refractivity contribution in [1.82, 2.24) is 20.2 Å². The fourth-order valence-electron chi connectivity index (χ4n) is 1.83. The van der Waals surface area contributed by atoms with Crippen molar-refractivity contribution in [2.24, 2.45) is 0 Å². The van der Waals surface area contributed by atoms with Crippen molar-refractivity contribution in [3.8, 4) is 5.75 Å². The number of carboxylic acid groups (broad SMARTS) is 1. The van der Waals surface area contributed by atoms with Gasteiger partial charge in [0.25, 0.3) is 0 Å². The average molecular weight is 276 g/mol. The molecule has 0 aliphatic carbocycles. The molecule has 7 nitrogen and oxygen atoms in total. The summed E-state index contributed by atoms with van der Waals surface area (Å²) in [6.45, 7) is 1.55. The molecule has 20 heavy (non-hydrogen) atoms. The highest BCUT2D eigenvalue weighted by molar-refractivity contribution is 5.71. The van der Waals surface area contributed by atoms with Gasteiger partial charge in [0.2, 0.25) is 0 Å². The predicted molar refractivity (Wildman–Crippen MR) is 70.6 cm³/mol. The Bertz CT molecular complexity index is 580. The van der Waals surface area contributed by atoms with E-state index >= 15 is 0 Å². The van der Waals surface area contributed by atoms with E-state index in [1.807, 2.05) is 24.3 Å². The van der Waals surface area contributed by atoms with Gasteiger partial charge in [-0.25, -0.2) is 9.48 Å². The van der Waals surface area contributed by atoms with E-state index in [0.29, 0.717) is 12.2 Å². The number of tetrazole rings is 1. The van der Waals surface area contributed by atoms with Crippen LogP contribution in [-0.2, 0) is 17.6 Å². The van der Waals surface area contributed by atoms with Gasteiger partial charge in [-0.1, -0.05) is 12.1 Å². The lowest BCUT2D eigenvalue weighted by molar-refractivity contribution is -0.140. The van der Waals surface area contributed by atoms with Crippen LogP contribution in [0.4, 0.5) is 0 Å². The molecule has 106 valence electrons. The van der Waals surface area contributed by atoms with Gasteiger partial charge in [-0.3, -0.25) is 0 Å². The summed E-state index contributed by atoms with van der Waals surface area (Å²) in [5, 5.41) is 20.1. The van der Waals surface area contributed by atoms with Crippen molar-refractivity contribution in [3.63, 3.8) is 0 Å². The Morgan fingerprint density at radius 2 is 2.05 bits per heavy atom. The van der Waals surface area contributed by atoms with Crippen LogP contribution < -0.4 is 4.74 Å². The number of aryl methyl sites for hydroxylation is 2. The van der Waals surface area contributed by atoms with Gasteiger partial charge >= 0.3 is 5.97 Å². The number of hydrogen-bond acceptors (Lipinski definition) is 5. The van der Waals surface area contributed by atoms with E-state index in [0.717, 1.165) is 17.7 Å². The minimum Gasteiger partial charge on any atom is -0.497 e. The molecule has 7 heteroatoms. The van der Waals surface area contributed by atoms with Crippen LogP contribution in [-0.4, -0.2) is 38.4 Å². The minimum absolute atomic E-state index is 0.565. The minimum atomic E-state index is -0.956. The summed E-state index contributed by atoms with van der Waals surface area (Å²) in [4.78, 5) is 11.0. The van der Waals surface area contributed by atoms with Crippen molar-refractivity contribution in [2.45, 2.75) is 25.8 Å². The van der Waals surface area contributed by atoms with Gasteiger partial charge in [-0.2, -0.15) is 0 Å². The summed E-state index contributed by atoms with van der Waals surface area (Å²) >= 11 is 0. The van der Waals surface area contributed by atoms with E-state index in [-0.39, 0.29) is 0 Å². The van der Waals surface area contributed by atoms with E-state index in [1.165, 1.54) is 4.68 Å². The summed E-state index contributed by atoms with van der Waals surface area (Å²) in [5.74, 6) is 0.414. The first kappa shape index (κ1) is 14.0. The molecule has 0 amide bonds. The second-order valence-corrected chi connectivity index (χ2v) is 4.40. The molecule has 0 aliphatic heterocycles. The summed E-state index contributed by atoms with van der Waals surface area (Å²) in [6, 6.07) is 6.94. The van der Waals surface area contributed by atoms with Crippen LogP contribution in [0.1, 0.15) is 24.4 Å². The number of carboxylic acids is 1. The maximum absolute atomic E-state index is 11.0. The first-order chi connectivity index (χ1) is 9.61. The maximum Gasteiger partial charge on any atom is 0.328 e. The first-order valence-corrected chi connectivity index (χ1v) is 6.24. The van der Waals surface area contributed by atoms with Gasteiger partial charge in [0.05, 0.1) is 7.11 Å². The van der Waals surface area contributed by atoms with Crippen LogP contribution in [0.2, 0.25) is 0 Å². The second-order valence-electron chi connectivity index (χ2n) is 4.40. The molecule has 0 saturated carbocycles. The molecule has 0 bridgehead atoms. The topological polar surface area (TPSA) is 90.1 Å². The van der Waals surface area contributed by atoms with Crippen LogP contribution in [0.15, 0.2) is 24.3 Å². The van der Waals surface area contributed by atoms with E-state index in [4.69, 9.17) is 9.84 Å². The third-order valence-electron chi connectivity index (χ3n) is 3.08. The number of rotatable bonds is 6. The van der Waals surface area contributed by atoms with Crippen LogP contribution in [0.3, 0.4) is 0 Å². The number of nitrogens with zero attached hydrogens (tertiary/aromatic N) is 4. The van der Waals surface area contributed by atoms with Gasteiger partial charge in [0.1, 0.15) is 11.8 Å². The van der Waals surface area contributed by atoms with E-state index in [9.17, 15) is 4.79 Å². The zero-order valence-electron chi connectivity index (χ0n) is 11.4. The average Bonchev–Trinajstić information content (AvgIpc) is 2.93. The fraction of sp³-hybridized carbons (Fsp3) is 0.385. The molecule has 2 rings (SSSR count). The number of aliphatic carboxylic acids is 1. The highest BCUT2D eigenvalue weighted by Gasteiger charge is 2.18. The summed E-state index contributed by atoms with van der Waals surface area (Å²) < 4.78 is 6.43. The zero-order valence-corrected chi connectivity index (χ0v) is 11.4. The summed E-state index contributed by atoms with van der Waals surface area (Å²) in [5.41, 5.74) is 1.11. The summed E-state index contributed by atoms with van der Waals surface area (Å²) in [6.07, 6.45) is 1.31. The number of carbonyl (C=O) groups is 1. The van der Waals surface area contributed by atoms with Crippen molar-refractivity contribution in [2.75, 3.05) is 7.11 Å². The number of ether oxygens (including phenoxy) is 1. The molecule has 1 unspecified atom stereocenters. The molecule has 0 radical (unpaired) electrons. The molecule has 0 spiro atoms. The standard InChI is InChI=1S/C13H16N4O3/c1-9(13(18)19)17-12(14-15-16-17)8-5-10-3-6-11(20-2)7-4-10/h3-4,6-7,9H,5,8H2,1-2H3,(H,18,19). The normalized spacial score (nSPS) is 12.1. The van der Waals surface area contributed by atoms with Crippen molar-refractivity contribution < 1.29 is 14.6 Å². The molecule has 1 N–H and O–H groups in total. The van der Waals surface area contributed by atoms with Gasteiger partial charge in [0.15, 0.2) is 5.82 Å². The van der Waals surface area contributed by atoms with Crippen LogP contribution in [0.5, 0.6) is 5.75 Å². The zero-order chi connectivity index (χ0) is 14.5. The highest BCUT2D eigenvalue weighted by Crippen LogP contribution is 2.14. The second kappa shape index (κ2) is 6.14. The Labute approximate surface area is 116 Å². The summed E-state index contributed by atoms with van der Waals surface area (Å²) in [7, 11) is 1.62. The Morgan fingerprint density at radius 3 is 2.65 bits per heavy atom. The molecule has 0 saturated heterocycles. The van der Waals surface area contributed by atoms with Gasteiger partial charge in [-0.05, 0) is 41.5 Å². The molecule has 0 aliphatic rings. The SMILES string of the molecule is COc1ccc(CCc2nnnn2C(C)C(=O)O)cc1. The van der Waals surface area contributed by atoms with Gasteiger partial charge in [0, 0.05) is 6.42 Å². The number of methoxy groups -OCH3 is 1. The fourth-order valence-corrected chi connectivity index (χ4v) is 1.83. The Balaban J connectivity index is 2.03. The first-order valence-electron chi connectivity index (χ1n) is 6.24.